The van der Waals surface area contributed by atoms with Crippen molar-refractivity contribution in [2.24, 2.45) is 5.41 Å². The second-order valence-corrected chi connectivity index (χ2v) is 5.16. The minimum absolute atomic E-state index is 0.430. The summed E-state index contributed by atoms with van der Waals surface area (Å²) >= 11 is 0. The first-order valence-electron chi connectivity index (χ1n) is 5.74. The van der Waals surface area contributed by atoms with Crippen molar-refractivity contribution < 1.29 is 4.74 Å². The average molecular weight is 201 g/mol. The van der Waals surface area contributed by atoms with E-state index in [-0.39, 0.29) is 0 Å². The topological polar surface area (TPSA) is 21.3 Å². The lowest BCUT2D eigenvalue weighted by atomic mass is 9.89. The molecule has 0 saturated heterocycles. The minimum atomic E-state index is 0.430. The highest BCUT2D eigenvalue weighted by Crippen LogP contribution is 2.21. The minimum Gasteiger partial charge on any atom is -0.380 e. The summed E-state index contributed by atoms with van der Waals surface area (Å²) in [5, 5.41) is 3.31. The third-order valence-electron chi connectivity index (χ3n) is 2.32. The number of likely N-dealkylation sites (N-methyl/N-ethyl adjacent to an activating group) is 1. The fourth-order valence-corrected chi connectivity index (χ4v) is 1.29. The number of rotatable bonds is 7. The maximum atomic E-state index is 5.54. The first-order valence-corrected chi connectivity index (χ1v) is 5.74. The predicted octanol–water partition coefficient (Wildman–Crippen LogP) is 2.83. The Labute approximate surface area is 89.4 Å². The fraction of sp³-hybridized carbons (Fsp3) is 1.00. The normalized spacial score (nSPS) is 14.4. The second-order valence-electron chi connectivity index (χ2n) is 5.16. The van der Waals surface area contributed by atoms with Gasteiger partial charge in [0.2, 0.25) is 0 Å². The lowest BCUT2D eigenvalue weighted by Crippen LogP contribution is -2.31. The molecular weight excluding hydrogens is 174 g/mol. The first-order chi connectivity index (χ1) is 6.49. The van der Waals surface area contributed by atoms with Crippen LogP contribution in [0.15, 0.2) is 0 Å². The van der Waals surface area contributed by atoms with Crippen molar-refractivity contribution in [1.29, 1.82) is 0 Å². The van der Waals surface area contributed by atoms with Crippen LogP contribution in [0.25, 0.3) is 0 Å². The number of ether oxygens (including phenoxy) is 1. The third kappa shape index (κ3) is 8.52. The average Bonchev–Trinajstić information content (AvgIpc) is 2.09. The lowest BCUT2D eigenvalue weighted by molar-refractivity contribution is 0.107. The highest BCUT2D eigenvalue weighted by molar-refractivity contribution is 4.69. The van der Waals surface area contributed by atoms with Crippen molar-refractivity contribution >= 4 is 0 Å². The van der Waals surface area contributed by atoms with Gasteiger partial charge in [-0.3, -0.25) is 0 Å². The first kappa shape index (κ1) is 13.9. The van der Waals surface area contributed by atoms with E-state index in [1.165, 1.54) is 12.8 Å². The van der Waals surface area contributed by atoms with Gasteiger partial charge in [-0.1, -0.05) is 27.7 Å². The van der Waals surface area contributed by atoms with Crippen molar-refractivity contribution in [3.63, 3.8) is 0 Å². The Balaban J connectivity index is 3.58. The molecule has 1 unspecified atom stereocenters. The van der Waals surface area contributed by atoms with Crippen LogP contribution in [-0.2, 0) is 4.74 Å². The van der Waals surface area contributed by atoms with E-state index < -0.39 is 0 Å². The van der Waals surface area contributed by atoms with Crippen molar-refractivity contribution in [2.75, 3.05) is 20.3 Å². The molecule has 0 saturated carbocycles. The zero-order valence-corrected chi connectivity index (χ0v) is 10.5. The molecule has 2 nitrogen and oxygen atoms in total. The Morgan fingerprint density at radius 3 is 2.36 bits per heavy atom. The SMILES string of the molecule is CCCOCC(CCC(C)(C)C)NC. The molecule has 0 aliphatic rings. The van der Waals surface area contributed by atoms with E-state index in [2.05, 4.69) is 33.0 Å². The van der Waals surface area contributed by atoms with Crippen LogP contribution in [0.4, 0.5) is 0 Å². The van der Waals surface area contributed by atoms with Crippen LogP contribution < -0.4 is 5.32 Å². The van der Waals surface area contributed by atoms with Crippen LogP contribution in [0.5, 0.6) is 0 Å². The third-order valence-corrected chi connectivity index (χ3v) is 2.32. The van der Waals surface area contributed by atoms with Crippen molar-refractivity contribution in [3.05, 3.63) is 0 Å². The summed E-state index contributed by atoms with van der Waals surface area (Å²) in [6.45, 7) is 10.7. The van der Waals surface area contributed by atoms with Crippen molar-refractivity contribution in [2.45, 2.75) is 53.0 Å². The van der Waals surface area contributed by atoms with Gasteiger partial charge in [-0.15, -0.1) is 0 Å². The Bertz CT molecular complexity index is 129. The molecule has 1 atom stereocenters. The van der Waals surface area contributed by atoms with Gasteiger partial charge in [0.1, 0.15) is 0 Å². The molecule has 0 aliphatic carbocycles. The summed E-state index contributed by atoms with van der Waals surface area (Å²) < 4.78 is 5.54. The highest BCUT2D eigenvalue weighted by Gasteiger charge is 2.13. The Morgan fingerprint density at radius 1 is 1.29 bits per heavy atom. The van der Waals surface area contributed by atoms with Gasteiger partial charge in [0.25, 0.3) is 0 Å². The van der Waals surface area contributed by atoms with Gasteiger partial charge in [-0.05, 0) is 31.7 Å². The molecule has 0 radical (unpaired) electrons. The zero-order valence-electron chi connectivity index (χ0n) is 10.5. The van der Waals surface area contributed by atoms with Crippen LogP contribution in [0.3, 0.4) is 0 Å². The zero-order chi connectivity index (χ0) is 11.0. The summed E-state index contributed by atoms with van der Waals surface area (Å²) in [4.78, 5) is 0. The standard InChI is InChI=1S/C12H27NO/c1-6-9-14-10-11(13-5)7-8-12(2,3)4/h11,13H,6-10H2,1-5H3. The monoisotopic (exact) mass is 201 g/mol. The summed E-state index contributed by atoms with van der Waals surface area (Å²) in [5.74, 6) is 0. The van der Waals surface area contributed by atoms with E-state index in [1.54, 1.807) is 0 Å². The number of hydrogen-bond donors (Lipinski definition) is 1. The molecule has 86 valence electrons. The van der Waals surface area contributed by atoms with Crippen LogP contribution in [0, 0.1) is 5.41 Å². The second kappa shape index (κ2) is 7.24. The molecule has 0 rings (SSSR count). The van der Waals surface area contributed by atoms with Gasteiger partial charge in [0.15, 0.2) is 0 Å². The van der Waals surface area contributed by atoms with Gasteiger partial charge in [-0.25, -0.2) is 0 Å². The molecule has 0 aromatic rings. The molecule has 0 spiro atoms. The van der Waals surface area contributed by atoms with Crippen molar-refractivity contribution in [1.82, 2.24) is 5.32 Å². The van der Waals surface area contributed by atoms with E-state index in [0.29, 0.717) is 11.5 Å². The van der Waals surface area contributed by atoms with Gasteiger partial charge in [-0.2, -0.15) is 0 Å². The van der Waals surface area contributed by atoms with E-state index in [0.717, 1.165) is 19.6 Å². The Hall–Kier alpha value is -0.0800. The molecule has 0 amide bonds. The molecule has 0 fully saturated rings. The van der Waals surface area contributed by atoms with Crippen molar-refractivity contribution in [3.8, 4) is 0 Å². The molecule has 0 heterocycles. The molecule has 0 aromatic heterocycles. The largest absolute Gasteiger partial charge is 0.380 e. The van der Waals surface area contributed by atoms with Crippen LogP contribution >= 0.6 is 0 Å². The summed E-state index contributed by atoms with van der Waals surface area (Å²) in [6.07, 6.45) is 3.55. The van der Waals surface area contributed by atoms with Gasteiger partial charge in [0.05, 0.1) is 6.61 Å². The van der Waals surface area contributed by atoms with E-state index in [9.17, 15) is 0 Å². The molecule has 2 heteroatoms. The van der Waals surface area contributed by atoms with Gasteiger partial charge >= 0.3 is 0 Å². The summed E-state index contributed by atoms with van der Waals surface area (Å²) in [6, 6.07) is 0.515. The summed E-state index contributed by atoms with van der Waals surface area (Å²) in [5.41, 5.74) is 0.430. The van der Waals surface area contributed by atoms with Crippen LogP contribution in [0.2, 0.25) is 0 Å². The van der Waals surface area contributed by atoms with Gasteiger partial charge in [0, 0.05) is 12.6 Å². The lowest BCUT2D eigenvalue weighted by Gasteiger charge is -2.22. The summed E-state index contributed by atoms with van der Waals surface area (Å²) in [7, 11) is 2.02. The molecule has 0 aromatic carbocycles. The molecular formula is C12H27NO. The predicted molar refractivity (Wildman–Crippen MR) is 62.6 cm³/mol. The maximum Gasteiger partial charge on any atom is 0.0619 e. The number of hydrogen-bond acceptors (Lipinski definition) is 2. The van der Waals surface area contributed by atoms with E-state index in [4.69, 9.17) is 4.74 Å². The quantitative estimate of drug-likeness (QED) is 0.640. The smallest absolute Gasteiger partial charge is 0.0619 e. The van der Waals surface area contributed by atoms with Gasteiger partial charge < -0.3 is 10.1 Å². The Kier molecular flexibility index (Phi) is 7.20. The van der Waals surface area contributed by atoms with E-state index >= 15 is 0 Å². The van der Waals surface area contributed by atoms with E-state index in [1.807, 2.05) is 7.05 Å². The fourth-order valence-electron chi connectivity index (χ4n) is 1.29. The molecule has 14 heavy (non-hydrogen) atoms. The molecule has 1 N–H and O–H groups in total. The Morgan fingerprint density at radius 2 is 1.93 bits per heavy atom. The maximum absolute atomic E-state index is 5.54. The molecule has 0 aliphatic heterocycles. The van der Waals surface area contributed by atoms with Crippen LogP contribution in [0.1, 0.15) is 47.0 Å². The molecule has 0 bridgehead atoms. The van der Waals surface area contributed by atoms with Crippen LogP contribution in [-0.4, -0.2) is 26.3 Å². The number of nitrogens with one attached hydrogen (secondary N) is 1. The highest BCUT2D eigenvalue weighted by atomic mass is 16.5.